The fraction of sp³-hybridized carbons (Fsp3) is 0.667. The zero-order valence-electron chi connectivity index (χ0n) is 9.66. The molecule has 0 aromatic carbocycles. The van der Waals surface area contributed by atoms with Crippen molar-refractivity contribution in [2.24, 2.45) is 5.73 Å². The molecule has 86 valence electrons. The van der Waals surface area contributed by atoms with E-state index in [0.29, 0.717) is 11.8 Å². The number of furan rings is 1. The molecule has 0 aliphatic carbocycles. The molecule has 3 heteroatoms. The van der Waals surface area contributed by atoms with Crippen molar-refractivity contribution in [3.05, 3.63) is 23.7 Å². The van der Waals surface area contributed by atoms with Gasteiger partial charge in [0.25, 0.3) is 0 Å². The third kappa shape index (κ3) is 4.31. The lowest BCUT2D eigenvalue weighted by Crippen LogP contribution is -2.09. The van der Waals surface area contributed by atoms with Gasteiger partial charge in [0, 0.05) is 6.54 Å². The topological polar surface area (TPSA) is 39.2 Å². The predicted octanol–water partition coefficient (Wildman–Crippen LogP) is 3.51. The van der Waals surface area contributed by atoms with Gasteiger partial charge in [0.2, 0.25) is 0 Å². The number of aryl methyl sites for hydroxylation is 1. The molecule has 15 heavy (non-hydrogen) atoms. The molecule has 1 atom stereocenters. The minimum absolute atomic E-state index is 0.329. The lowest BCUT2D eigenvalue weighted by atomic mass is 10.3. The van der Waals surface area contributed by atoms with E-state index in [1.807, 2.05) is 30.8 Å². The first kappa shape index (κ1) is 12.7. The lowest BCUT2D eigenvalue weighted by Gasteiger charge is -2.11. The third-order valence-electron chi connectivity index (χ3n) is 2.36. The SMILES string of the molecule is CCCCCSC(CN)c1ccc(C)o1. The van der Waals surface area contributed by atoms with Crippen LogP contribution >= 0.6 is 11.8 Å². The second kappa shape index (κ2) is 6.96. The molecule has 0 fully saturated rings. The Morgan fingerprint density at radius 1 is 1.40 bits per heavy atom. The van der Waals surface area contributed by atoms with E-state index in [2.05, 4.69) is 6.92 Å². The van der Waals surface area contributed by atoms with E-state index in [1.165, 1.54) is 25.0 Å². The van der Waals surface area contributed by atoms with Crippen molar-refractivity contribution in [2.75, 3.05) is 12.3 Å². The van der Waals surface area contributed by atoms with E-state index in [-0.39, 0.29) is 0 Å². The Labute approximate surface area is 96.6 Å². The van der Waals surface area contributed by atoms with Gasteiger partial charge in [-0.15, -0.1) is 11.8 Å². The van der Waals surface area contributed by atoms with Gasteiger partial charge < -0.3 is 10.2 Å². The quantitative estimate of drug-likeness (QED) is 0.724. The van der Waals surface area contributed by atoms with Crippen molar-refractivity contribution in [1.29, 1.82) is 0 Å². The fourth-order valence-corrected chi connectivity index (χ4v) is 2.55. The normalized spacial score (nSPS) is 13.0. The maximum atomic E-state index is 5.75. The van der Waals surface area contributed by atoms with Crippen molar-refractivity contribution >= 4 is 11.8 Å². The van der Waals surface area contributed by atoms with Gasteiger partial charge in [-0.25, -0.2) is 0 Å². The summed E-state index contributed by atoms with van der Waals surface area (Å²) in [6, 6.07) is 4.05. The van der Waals surface area contributed by atoms with Gasteiger partial charge in [-0.1, -0.05) is 19.8 Å². The average Bonchev–Trinajstić information content (AvgIpc) is 2.65. The van der Waals surface area contributed by atoms with Gasteiger partial charge >= 0.3 is 0 Å². The van der Waals surface area contributed by atoms with Gasteiger partial charge in [0.15, 0.2) is 0 Å². The molecule has 0 aliphatic heterocycles. The first-order valence-corrected chi connectivity index (χ1v) is 6.70. The summed E-state index contributed by atoms with van der Waals surface area (Å²) in [5, 5.41) is 0.329. The molecular formula is C12H21NOS. The Bertz CT molecular complexity index is 272. The highest BCUT2D eigenvalue weighted by molar-refractivity contribution is 7.99. The third-order valence-corrected chi connectivity index (χ3v) is 3.71. The summed E-state index contributed by atoms with van der Waals surface area (Å²) in [7, 11) is 0. The van der Waals surface area contributed by atoms with E-state index >= 15 is 0 Å². The zero-order chi connectivity index (χ0) is 11.1. The summed E-state index contributed by atoms with van der Waals surface area (Å²) in [6.07, 6.45) is 3.85. The van der Waals surface area contributed by atoms with Crippen LogP contribution in [0.25, 0.3) is 0 Å². The van der Waals surface area contributed by atoms with Crippen LogP contribution in [0.15, 0.2) is 16.5 Å². The van der Waals surface area contributed by atoms with E-state index < -0.39 is 0 Å². The van der Waals surface area contributed by atoms with Gasteiger partial charge in [-0.3, -0.25) is 0 Å². The Morgan fingerprint density at radius 3 is 2.73 bits per heavy atom. The zero-order valence-corrected chi connectivity index (χ0v) is 10.5. The molecule has 1 unspecified atom stereocenters. The molecule has 2 nitrogen and oxygen atoms in total. The summed E-state index contributed by atoms with van der Waals surface area (Å²) in [4.78, 5) is 0. The van der Waals surface area contributed by atoms with Crippen LogP contribution < -0.4 is 5.73 Å². The predicted molar refractivity (Wildman–Crippen MR) is 67.2 cm³/mol. The Kier molecular flexibility index (Phi) is 5.88. The minimum Gasteiger partial charge on any atom is -0.465 e. The smallest absolute Gasteiger partial charge is 0.118 e. The number of nitrogens with two attached hydrogens (primary N) is 1. The second-order valence-corrected chi connectivity index (χ2v) is 5.06. The second-order valence-electron chi connectivity index (χ2n) is 3.75. The molecule has 1 heterocycles. The van der Waals surface area contributed by atoms with Crippen molar-refractivity contribution in [2.45, 2.75) is 38.4 Å². The van der Waals surface area contributed by atoms with Crippen LogP contribution in [0.1, 0.15) is 43.0 Å². The molecule has 0 radical (unpaired) electrons. The van der Waals surface area contributed by atoms with E-state index in [0.717, 1.165) is 11.5 Å². The number of unbranched alkanes of at least 4 members (excludes halogenated alkanes) is 2. The molecule has 0 saturated heterocycles. The van der Waals surface area contributed by atoms with Crippen LogP contribution in [-0.4, -0.2) is 12.3 Å². The summed E-state index contributed by atoms with van der Waals surface area (Å²) in [5.74, 6) is 3.17. The molecule has 2 N–H and O–H groups in total. The molecule has 0 bridgehead atoms. The standard InChI is InChI=1S/C12H21NOS/c1-3-4-5-8-15-12(9-13)11-7-6-10(2)14-11/h6-7,12H,3-5,8-9,13H2,1-2H3. The summed E-state index contributed by atoms with van der Waals surface area (Å²) in [6.45, 7) is 4.85. The van der Waals surface area contributed by atoms with Gasteiger partial charge in [-0.05, 0) is 31.2 Å². The molecular weight excluding hydrogens is 206 g/mol. The molecule has 0 saturated carbocycles. The molecule has 1 aromatic rings. The van der Waals surface area contributed by atoms with Gasteiger partial charge in [0.05, 0.1) is 5.25 Å². The van der Waals surface area contributed by atoms with Gasteiger partial charge in [-0.2, -0.15) is 0 Å². The molecule has 1 aromatic heterocycles. The van der Waals surface area contributed by atoms with Gasteiger partial charge in [0.1, 0.15) is 11.5 Å². The summed E-state index contributed by atoms with van der Waals surface area (Å²) in [5.41, 5.74) is 5.75. The summed E-state index contributed by atoms with van der Waals surface area (Å²) >= 11 is 1.91. The van der Waals surface area contributed by atoms with E-state index in [1.54, 1.807) is 0 Å². The Morgan fingerprint density at radius 2 is 2.20 bits per heavy atom. The number of hydrogen-bond acceptors (Lipinski definition) is 3. The first-order valence-electron chi connectivity index (χ1n) is 5.66. The largest absolute Gasteiger partial charge is 0.465 e. The minimum atomic E-state index is 0.329. The molecule has 0 aliphatic rings. The average molecular weight is 227 g/mol. The molecule has 0 spiro atoms. The lowest BCUT2D eigenvalue weighted by molar-refractivity contribution is 0.481. The van der Waals surface area contributed by atoms with Crippen LogP contribution in [0.4, 0.5) is 0 Å². The monoisotopic (exact) mass is 227 g/mol. The molecule has 1 rings (SSSR count). The van der Waals surface area contributed by atoms with Crippen LogP contribution in [-0.2, 0) is 0 Å². The van der Waals surface area contributed by atoms with Crippen LogP contribution in [0, 0.1) is 6.92 Å². The van der Waals surface area contributed by atoms with Crippen LogP contribution in [0.3, 0.4) is 0 Å². The Hall–Kier alpha value is -0.410. The van der Waals surface area contributed by atoms with E-state index in [9.17, 15) is 0 Å². The number of rotatable bonds is 7. The van der Waals surface area contributed by atoms with Crippen molar-refractivity contribution < 1.29 is 4.42 Å². The highest BCUT2D eigenvalue weighted by Crippen LogP contribution is 2.29. The molecule has 0 amide bonds. The van der Waals surface area contributed by atoms with Crippen molar-refractivity contribution in [3.63, 3.8) is 0 Å². The van der Waals surface area contributed by atoms with E-state index in [4.69, 9.17) is 10.2 Å². The first-order chi connectivity index (χ1) is 7.27. The maximum absolute atomic E-state index is 5.75. The maximum Gasteiger partial charge on any atom is 0.118 e. The highest BCUT2D eigenvalue weighted by atomic mass is 32.2. The summed E-state index contributed by atoms with van der Waals surface area (Å²) < 4.78 is 5.59. The van der Waals surface area contributed by atoms with Crippen molar-refractivity contribution in [1.82, 2.24) is 0 Å². The number of hydrogen-bond donors (Lipinski definition) is 1. The van der Waals surface area contributed by atoms with Crippen LogP contribution in [0.2, 0.25) is 0 Å². The van der Waals surface area contributed by atoms with Crippen molar-refractivity contribution in [3.8, 4) is 0 Å². The fourth-order valence-electron chi connectivity index (χ4n) is 1.47. The highest BCUT2D eigenvalue weighted by Gasteiger charge is 2.13. The van der Waals surface area contributed by atoms with Crippen LogP contribution in [0.5, 0.6) is 0 Å². The Balaban J connectivity index is 2.35. The number of thioether (sulfide) groups is 1.